The molecule has 1 aromatic rings. The average Bonchev–Trinajstić information content (AvgIpc) is 2.38. The van der Waals surface area contributed by atoms with Gasteiger partial charge in [0.05, 0.1) is 0 Å². The zero-order chi connectivity index (χ0) is 12.3. The van der Waals surface area contributed by atoms with Crippen LogP contribution in [0.4, 0.5) is 0 Å². The van der Waals surface area contributed by atoms with Crippen LogP contribution in [-0.2, 0) is 6.54 Å². The highest BCUT2D eigenvalue weighted by Gasteiger charge is 1.93. The van der Waals surface area contributed by atoms with Gasteiger partial charge in [-0.25, -0.2) is 0 Å². The zero-order valence-corrected chi connectivity index (χ0v) is 10.7. The van der Waals surface area contributed by atoms with Crippen LogP contribution >= 0.6 is 0 Å². The summed E-state index contributed by atoms with van der Waals surface area (Å²) in [6, 6.07) is 7.94. The SMILES string of the molecule is CCCCCC=CCOc1cccc(CN)c1. The number of rotatable bonds is 8. The van der Waals surface area contributed by atoms with Crippen LogP contribution in [0.2, 0.25) is 0 Å². The molecule has 0 amide bonds. The van der Waals surface area contributed by atoms with Crippen LogP contribution in [0.3, 0.4) is 0 Å². The molecule has 0 bridgehead atoms. The van der Waals surface area contributed by atoms with E-state index >= 15 is 0 Å². The number of benzene rings is 1. The van der Waals surface area contributed by atoms with Crippen LogP contribution in [0.1, 0.15) is 38.2 Å². The summed E-state index contributed by atoms with van der Waals surface area (Å²) in [4.78, 5) is 0. The van der Waals surface area contributed by atoms with Crippen molar-refractivity contribution in [2.75, 3.05) is 6.61 Å². The molecule has 2 nitrogen and oxygen atoms in total. The van der Waals surface area contributed by atoms with Crippen LogP contribution < -0.4 is 10.5 Å². The van der Waals surface area contributed by atoms with Gasteiger partial charge in [0.1, 0.15) is 12.4 Å². The highest BCUT2D eigenvalue weighted by Crippen LogP contribution is 2.12. The summed E-state index contributed by atoms with van der Waals surface area (Å²) in [6.07, 6.45) is 9.29. The first kappa shape index (κ1) is 13.8. The standard InChI is InChI=1S/C15H23NO/c1-2-3-4-5-6-7-11-17-15-10-8-9-14(12-15)13-16/h6-10,12H,2-5,11,13,16H2,1H3. The Balaban J connectivity index is 2.21. The molecule has 0 spiro atoms. The molecular formula is C15H23NO. The molecule has 0 fully saturated rings. The minimum Gasteiger partial charge on any atom is -0.490 e. The fraction of sp³-hybridized carbons (Fsp3) is 0.467. The van der Waals surface area contributed by atoms with E-state index < -0.39 is 0 Å². The Bertz CT molecular complexity index is 333. The van der Waals surface area contributed by atoms with E-state index in [1.165, 1.54) is 19.3 Å². The van der Waals surface area contributed by atoms with Crippen LogP contribution in [-0.4, -0.2) is 6.61 Å². The molecular weight excluding hydrogens is 210 g/mol. The lowest BCUT2D eigenvalue weighted by atomic mass is 10.2. The fourth-order valence-corrected chi connectivity index (χ4v) is 1.60. The molecule has 0 radical (unpaired) electrons. The van der Waals surface area contributed by atoms with Crippen molar-refractivity contribution in [1.82, 2.24) is 0 Å². The van der Waals surface area contributed by atoms with Gasteiger partial charge in [-0.3, -0.25) is 0 Å². The maximum absolute atomic E-state index is 5.61. The van der Waals surface area contributed by atoms with Gasteiger partial charge in [0, 0.05) is 6.54 Å². The second-order valence-corrected chi connectivity index (χ2v) is 4.13. The number of hydrogen-bond donors (Lipinski definition) is 1. The summed E-state index contributed by atoms with van der Waals surface area (Å²) < 4.78 is 5.61. The van der Waals surface area contributed by atoms with Crippen LogP contribution in [0, 0.1) is 0 Å². The first-order valence-corrected chi connectivity index (χ1v) is 6.43. The number of ether oxygens (including phenoxy) is 1. The van der Waals surface area contributed by atoms with Crippen molar-refractivity contribution in [3.8, 4) is 5.75 Å². The van der Waals surface area contributed by atoms with Crippen LogP contribution in [0.25, 0.3) is 0 Å². The minimum absolute atomic E-state index is 0.560. The van der Waals surface area contributed by atoms with Crippen molar-refractivity contribution in [3.05, 3.63) is 42.0 Å². The van der Waals surface area contributed by atoms with Crippen LogP contribution in [0.15, 0.2) is 36.4 Å². The number of allylic oxidation sites excluding steroid dienone is 1. The minimum atomic E-state index is 0.560. The van der Waals surface area contributed by atoms with E-state index in [0.717, 1.165) is 17.7 Å². The summed E-state index contributed by atoms with van der Waals surface area (Å²) in [5, 5.41) is 0. The third-order valence-corrected chi connectivity index (χ3v) is 2.62. The van der Waals surface area contributed by atoms with E-state index in [-0.39, 0.29) is 0 Å². The maximum Gasteiger partial charge on any atom is 0.120 e. The zero-order valence-electron chi connectivity index (χ0n) is 10.7. The lowest BCUT2D eigenvalue weighted by Crippen LogP contribution is -1.98. The summed E-state index contributed by atoms with van der Waals surface area (Å²) in [7, 11) is 0. The van der Waals surface area contributed by atoms with Crippen molar-refractivity contribution in [3.63, 3.8) is 0 Å². The molecule has 1 rings (SSSR count). The second-order valence-electron chi connectivity index (χ2n) is 4.13. The van der Waals surface area contributed by atoms with Gasteiger partial charge < -0.3 is 10.5 Å². The summed E-state index contributed by atoms with van der Waals surface area (Å²) in [6.45, 7) is 3.42. The molecule has 0 heterocycles. The molecule has 0 unspecified atom stereocenters. The Kier molecular flexibility index (Phi) is 7.15. The van der Waals surface area contributed by atoms with E-state index in [9.17, 15) is 0 Å². The first-order valence-electron chi connectivity index (χ1n) is 6.43. The molecule has 0 aliphatic heterocycles. The van der Waals surface area contributed by atoms with Gasteiger partial charge in [-0.2, -0.15) is 0 Å². The quantitative estimate of drug-likeness (QED) is 0.549. The lowest BCUT2D eigenvalue weighted by Gasteiger charge is -2.04. The van der Waals surface area contributed by atoms with Gasteiger partial charge in [-0.15, -0.1) is 0 Å². The summed E-state index contributed by atoms with van der Waals surface area (Å²) in [5.74, 6) is 0.895. The lowest BCUT2D eigenvalue weighted by molar-refractivity contribution is 0.362. The summed E-state index contributed by atoms with van der Waals surface area (Å²) >= 11 is 0. The third-order valence-electron chi connectivity index (χ3n) is 2.62. The predicted molar refractivity (Wildman–Crippen MR) is 73.1 cm³/mol. The predicted octanol–water partition coefficient (Wildman–Crippen LogP) is 3.66. The van der Waals surface area contributed by atoms with E-state index in [2.05, 4.69) is 19.1 Å². The molecule has 0 aliphatic rings. The van der Waals surface area contributed by atoms with Gasteiger partial charge in [0.25, 0.3) is 0 Å². The smallest absolute Gasteiger partial charge is 0.120 e. The van der Waals surface area contributed by atoms with Gasteiger partial charge >= 0.3 is 0 Å². The molecule has 2 heteroatoms. The molecule has 0 saturated carbocycles. The Labute approximate surface area is 104 Å². The van der Waals surface area contributed by atoms with Crippen molar-refractivity contribution in [2.24, 2.45) is 5.73 Å². The van der Waals surface area contributed by atoms with Gasteiger partial charge in [-0.05, 0) is 30.5 Å². The van der Waals surface area contributed by atoms with Gasteiger partial charge in [0.15, 0.2) is 0 Å². The van der Waals surface area contributed by atoms with Crippen molar-refractivity contribution in [2.45, 2.75) is 39.2 Å². The first-order chi connectivity index (χ1) is 8.36. The Morgan fingerprint density at radius 1 is 1.24 bits per heavy atom. The van der Waals surface area contributed by atoms with Crippen molar-refractivity contribution < 1.29 is 4.74 Å². The highest BCUT2D eigenvalue weighted by atomic mass is 16.5. The molecule has 1 aromatic carbocycles. The number of unbranched alkanes of at least 4 members (excludes halogenated alkanes) is 3. The van der Waals surface area contributed by atoms with Crippen molar-refractivity contribution in [1.29, 1.82) is 0 Å². The molecule has 0 atom stereocenters. The van der Waals surface area contributed by atoms with E-state index in [4.69, 9.17) is 10.5 Å². The monoisotopic (exact) mass is 233 g/mol. The molecule has 0 saturated heterocycles. The molecule has 17 heavy (non-hydrogen) atoms. The Morgan fingerprint density at radius 3 is 2.88 bits per heavy atom. The second kappa shape index (κ2) is 8.82. The van der Waals surface area contributed by atoms with E-state index in [0.29, 0.717) is 13.2 Å². The number of nitrogens with two attached hydrogens (primary N) is 1. The van der Waals surface area contributed by atoms with E-state index in [1.807, 2.05) is 24.3 Å². The molecule has 94 valence electrons. The topological polar surface area (TPSA) is 35.2 Å². The summed E-state index contributed by atoms with van der Waals surface area (Å²) in [5.41, 5.74) is 6.68. The van der Waals surface area contributed by atoms with Crippen LogP contribution in [0.5, 0.6) is 5.75 Å². The van der Waals surface area contributed by atoms with Gasteiger partial charge in [0.2, 0.25) is 0 Å². The normalized spacial score (nSPS) is 10.9. The number of hydrogen-bond acceptors (Lipinski definition) is 2. The van der Waals surface area contributed by atoms with E-state index in [1.54, 1.807) is 0 Å². The van der Waals surface area contributed by atoms with Crippen molar-refractivity contribution >= 4 is 0 Å². The maximum atomic E-state index is 5.61. The highest BCUT2D eigenvalue weighted by molar-refractivity contribution is 5.28. The Morgan fingerprint density at radius 2 is 2.12 bits per heavy atom. The molecule has 0 aliphatic carbocycles. The molecule has 0 aromatic heterocycles. The third kappa shape index (κ3) is 6.12. The largest absolute Gasteiger partial charge is 0.490 e. The average molecular weight is 233 g/mol. The fourth-order valence-electron chi connectivity index (χ4n) is 1.60. The van der Waals surface area contributed by atoms with Gasteiger partial charge in [-0.1, -0.05) is 44.1 Å². The Hall–Kier alpha value is -1.28. The molecule has 2 N–H and O–H groups in total.